The van der Waals surface area contributed by atoms with Crippen LogP contribution in [0.3, 0.4) is 0 Å². The van der Waals surface area contributed by atoms with Gasteiger partial charge >= 0.3 is 0 Å². The minimum atomic E-state index is -0.424. The number of aromatic nitrogens is 1. The fourth-order valence-electron chi connectivity index (χ4n) is 2.21. The number of benzene rings is 1. The minimum absolute atomic E-state index is 0.347. The summed E-state index contributed by atoms with van der Waals surface area (Å²) in [5, 5.41) is 0. The van der Waals surface area contributed by atoms with Crippen molar-refractivity contribution in [3.63, 3.8) is 0 Å². The first kappa shape index (κ1) is 15.4. The van der Waals surface area contributed by atoms with E-state index in [1.807, 2.05) is 18.2 Å². The molecule has 1 aromatic heterocycles. The topological polar surface area (TPSA) is 83.2 Å². The van der Waals surface area contributed by atoms with Gasteiger partial charge in [0.05, 0.1) is 6.61 Å². The van der Waals surface area contributed by atoms with E-state index < -0.39 is 11.8 Å². The molecule has 1 aromatic carbocycles. The van der Waals surface area contributed by atoms with Crippen molar-refractivity contribution in [3.05, 3.63) is 57.8 Å². The predicted molar refractivity (Wildman–Crippen MR) is 88.8 cm³/mol. The van der Waals surface area contributed by atoms with Gasteiger partial charge in [-0.15, -0.1) is 0 Å². The highest BCUT2D eigenvalue weighted by Crippen LogP contribution is 2.26. The summed E-state index contributed by atoms with van der Waals surface area (Å²) in [6.45, 7) is 0.698. The summed E-state index contributed by atoms with van der Waals surface area (Å²) in [4.78, 5) is 26.3. The Morgan fingerprint density at radius 1 is 1.26 bits per heavy atom. The maximum absolute atomic E-state index is 11.7. The second-order valence-electron chi connectivity index (χ2n) is 4.97. The Morgan fingerprint density at radius 3 is 2.91 bits per heavy atom. The van der Waals surface area contributed by atoms with Crippen molar-refractivity contribution in [2.45, 2.75) is 6.42 Å². The van der Waals surface area contributed by atoms with Crippen LogP contribution in [0.25, 0.3) is 6.08 Å². The van der Waals surface area contributed by atoms with Crippen molar-refractivity contribution >= 4 is 33.8 Å². The van der Waals surface area contributed by atoms with Crippen molar-refractivity contribution in [2.75, 3.05) is 6.61 Å². The van der Waals surface area contributed by atoms with Gasteiger partial charge in [-0.05, 0) is 51.3 Å². The smallest absolute Gasteiger partial charge is 0.286 e. The van der Waals surface area contributed by atoms with Crippen LogP contribution in [0.5, 0.6) is 5.75 Å². The van der Waals surface area contributed by atoms with Gasteiger partial charge in [0.25, 0.3) is 11.8 Å². The van der Waals surface area contributed by atoms with E-state index in [9.17, 15) is 9.59 Å². The number of carbonyl (C=O) groups is 2. The van der Waals surface area contributed by atoms with Crippen molar-refractivity contribution in [3.8, 4) is 5.75 Å². The van der Waals surface area contributed by atoms with Crippen LogP contribution in [-0.2, 0) is 11.2 Å². The third kappa shape index (κ3) is 3.81. The molecular formula is C16H14BrN3O3. The second-order valence-corrected chi connectivity index (χ2v) is 5.89. The fraction of sp³-hybridized carbons (Fsp3) is 0.125. The van der Waals surface area contributed by atoms with E-state index in [4.69, 9.17) is 4.74 Å². The molecule has 2 heterocycles. The van der Waals surface area contributed by atoms with Crippen LogP contribution < -0.4 is 15.6 Å². The largest absolute Gasteiger partial charge is 0.493 e. The van der Waals surface area contributed by atoms with E-state index in [0.29, 0.717) is 12.3 Å². The highest BCUT2D eigenvalue weighted by Gasteiger charge is 2.11. The lowest BCUT2D eigenvalue weighted by Crippen LogP contribution is -2.40. The summed E-state index contributed by atoms with van der Waals surface area (Å²) in [5.74, 6) is 0.0591. The molecule has 23 heavy (non-hydrogen) atoms. The highest BCUT2D eigenvalue weighted by molar-refractivity contribution is 9.10. The minimum Gasteiger partial charge on any atom is -0.493 e. The number of hydrogen-bond acceptors (Lipinski definition) is 3. The van der Waals surface area contributed by atoms with Gasteiger partial charge in [0, 0.05) is 23.2 Å². The van der Waals surface area contributed by atoms with Crippen LogP contribution in [0.15, 0.2) is 41.0 Å². The van der Waals surface area contributed by atoms with Crippen LogP contribution in [0.4, 0.5) is 0 Å². The molecule has 0 bridgehead atoms. The number of rotatable bonds is 3. The molecule has 118 valence electrons. The Morgan fingerprint density at radius 2 is 2.13 bits per heavy atom. The number of ether oxygens (including phenoxy) is 1. The number of fused-ring (bicyclic) bond motifs is 1. The zero-order valence-electron chi connectivity index (χ0n) is 12.1. The van der Waals surface area contributed by atoms with Crippen LogP contribution in [0.1, 0.15) is 21.6 Å². The van der Waals surface area contributed by atoms with E-state index in [2.05, 4.69) is 31.8 Å². The molecule has 2 amide bonds. The summed E-state index contributed by atoms with van der Waals surface area (Å²) in [6, 6.07) is 7.37. The molecule has 0 aliphatic carbocycles. The molecule has 1 aliphatic heterocycles. The Balaban J connectivity index is 1.54. The van der Waals surface area contributed by atoms with Gasteiger partial charge in [0.1, 0.15) is 11.4 Å². The normalized spacial score (nSPS) is 12.7. The lowest BCUT2D eigenvalue weighted by Gasteiger charge is -2.03. The summed E-state index contributed by atoms with van der Waals surface area (Å²) >= 11 is 3.23. The zero-order chi connectivity index (χ0) is 16.2. The molecule has 2 aromatic rings. The molecule has 1 aliphatic rings. The van der Waals surface area contributed by atoms with E-state index in [1.165, 1.54) is 6.08 Å². The fourth-order valence-corrected chi connectivity index (χ4v) is 2.55. The summed E-state index contributed by atoms with van der Waals surface area (Å²) in [5.41, 5.74) is 7.05. The first-order valence-electron chi connectivity index (χ1n) is 7.00. The summed E-state index contributed by atoms with van der Waals surface area (Å²) < 4.78 is 6.19. The quantitative estimate of drug-likeness (QED) is 0.567. The Bertz CT molecular complexity index is 783. The number of hydrogen-bond donors (Lipinski definition) is 3. The highest BCUT2D eigenvalue weighted by atomic mass is 79.9. The molecule has 0 saturated carbocycles. The molecule has 0 radical (unpaired) electrons. The Labute approximate surface area is 141 Å². The average molecular weight is 376 g/mol. The molecule has 0 unspecified atom stereocenters. The van der Waals surface area contributed by atoms with Crippen LogP contribution >= 0.6 is 15.9 Å². The number of amides is 2. The molecule has 7 heteroatoms. The van der Waals surface area contributed by atoms with Crippen molar-refractivity contribution in [1.29, 1.82) is 0 Å². The number of halogens is 1. The SMILES string of the molecule is O=C(/C=C/c1ccc2c(c1)CCO2)NNC(=O)c1cc(Br)c[nH]1. The standard InChI is InChI=1S/C16H14BrN3O3/c17-12-8-13(18-9-12)16(22)20-19-15(21)4-2-10-1-3-14-11(7-10)5-6-23-14/h1-4,7-9,18H,5-6H2,(H,19,21)(H,20,22)/b4-2+. The average Bonchev–Trinajstić information content (AvgIpc) is 3.18. The molecule has 0 atom stereocenters. The van der Waals surface area contributed by atoms with Crippen molar-refractivity contribution in [2.24, 2.45) is 0 Å². The number of aromatic amines is 1. The lowest BCUT2D eigenvalue weighted by atomic mass is 10.1. The molecule has 0 saturated heterocycles. The van der Waals surface area contributed by atoms with E-state index >= 15 is 0 Å². The predicted octanol–water partition coefficient (Wildman–Crippen LogP) is 2.19. The van der Waals surface area contributed by atoms with Crippen LogP contribution in [0, 0.1) is 0 Å². The third-order valence-corrected chi connectivity index (χ3v) is 3.79. The van der Waals surface area contributed by atoms with Gasteiger partial charge < -0.3 is 9.72 Å². The van der Waals surface area contributed by atoms with E-state index in [1.54, 1.807) is 18.3 Å². The monoisotopic (exact) mass is 375 g/mol. The number of nitrogens with one attached hydrogen (secondary N) is 3. The molecule has 0 fully saturated rings. The molecule has 6 nitrogen and oxygen atoms in total. The maximum Gasteiger partial charge on any atom is 0.286 e. The number of H-pyrrole nitrogens is 1. The second kappa shape index (κ2) is 6.70. The maximum atomic E-state index is 11.7. The van der Waals surface area contributed by atoms with Gasteiger partial charge in [0.2, 0.25) is 0 Å². The molecule has 3 rings (SSSR count). The van der Waals surface area contributed by atoms with Crippen LogP contribution in [-0.4, -0.2) is 23.4 Å². The lowest BCUT2D eigenvalue weighted by molar-refractivity contribution is -0.117. The first-order valence-corrected chi connectivity index (χ1v) is 7.79. The molecule has 0 spiro atoms. The number of hydrazine groups is 1. The summed E-state index contributed by atoms with van der Waals surface area (Å²) in [6.07, 6.45) is 5.56. The van der Waals surface area contributed by atoms with Gasteiger partial charge in [0.15, 0.2) is 0 Å². The van der Waals surface area contributed by atoms with Gasteiger partial charge in [-0.25, -0.2) is 0 Å². The molecular weight excluding hydrogens is 362 g/mol. The number of carbonyl (C=O) groups excluding carboxylic acids is 2. The summed E-state index contributed by atoms with van der Waals surface area (Å²) in [7, 11) is 0. The Hall–Kier alpha value is -2.54. The van der Waals surface area contributed by atoms with Crippen LogP contribution in [0.2, 0.25) is 0 Å². The van der Waals surface area contributed by atoms with E-state index in [-0.39, 0.29) is 0 Å². The molecule has 3 N–H and O–H groups in total. The Kier molecular flexibility index (Phi) is 4.47. The van der Waals surface area contributed by atoms with Crippen molar-refractivity contribution in [1.82, 2.24) is 15.8 Å². The van der Waals surface area contributed by atoms with Gasteiger partial charge in [-0.3, -0.25) is 20.4 Å². The van der Waals surface area contributed by atoms with Gasteiger partial charge in [-0.2, -0.15) is 0 Å². The zero-order valence-corrected chi connectivity index (χ0v) is 13.6. The van der Waals surface area contributed by atoms with Gasteiger partial charge in [-0.1, -0.05) is 6.07 Å². The van der Waals surface area contributed by atoms with E-state index in [0.717, 1.165) is 27.8 Å². The first-order chi connectivity index (χ1) is 11.1. The third-order valence-electron chi connectivity index (χ3n) is 3.33. The van der Waals surface area contributed by atoms with Crippen molar-refractivity contribution < 1.29 is 14.3 Å².